The molecule has 0 unspecified atom stereocenters. The van der Waals surface area contributed by atoms with Gasteiger partial charge in [0.25, 0.3) is 0 Å². The third-order valence-electron chi connectivity index (χ3n) is 6.44. The highest BCUT2D eigenvalue weighted by Crippen LogP contribution is 2.40. The molecular weight excluding hydrogens is 560 g/mol. The number of rotatable bonds is 11. The molecule has 0 saturated heterocycles. The SMILES string of the molecule is COc1cc(C(=O)/C=C/c2ccc(OC)c(OC)c2OC)ccc1OCc1cn(-c2ccnc3cc(Cl)ccc23)nn1. The molecule has 3 aromatic carbocycles. The van der Waals surface area contributed by atoms with E-state index in [0.717, 1.165) is 16.6 Å². The van der Waals surface area contributed by atoms with Crippen molar-refractivity contribution >= 4 is 34.4 Å². The van der Waals surface area contributed by atoms with Gasteiger partial charge >= 0.3 is 0 Å². The Morgan fingerprint density at radius 2 is 1.67 bits per heavy atom. The first-order chi connectivity index (χ1) is 20.4. The Hall–Kier alpha value is -5.09. The van der Waals surface area contributed by atoms with Gasteiger partial charge in [0.05, 0.1) is 45.8 Å². The van der Waals surface area contributed by atoms with Crippen molar-refractivity contribution in [2.24, 2.45) is 0 Å². The van der Waals surface area contributed by atoms with Gasteiger partial charge in [0.2, 0.25) is 5.75 Å². The Morgan fingerprint density at radius 3 is 2.43 bits per heavy atom. The number of hydrogen-bond donors (Lipinski definition) is 0. The molecular formula is C31H27ClN4O6. The van der Waals surface area contributed by atoms with E-state index in [1.807, 2.05) is 12.1 Å². The lowest BCUT2D eigenvalue weighted by Crippen LogP contribution is -2.01. The predicted octanol–water partition coefficient (Wildman–Crippen LogP) is 5.98. The number of fused-ring (bicyclic) bond motifs is 1. The molecule has 5 rings (SSSR count). The van der Waals surface area contributed by atoms with Gasteiger partial charge < -0.3 is 23.7 Å². The number of allylic oxidation sites excluding steroid dienone is 1. The van der Waals surface area contributed by atoms with E-state index in [1.54, 1.807) is 72.7 Å². The molecule has 0 spiro atoms. The minimum absolute atomic E-state index is 0.136. The van der Waals surface area contributed by atoms with E-state index < -0.39 is 0 Å². The number of hydrogen-bond acceptors (Lipinski definition) is 9. The summed E-state index contributed by atoms with van der Waals surface area (Å²) in [6, 6.07) is 15.8. The average molecular weight is 587 g/mol. The van der Waals surface area contributed by atoms with E-state index in [9.17, 15) is 4.79 Å². The summed E-state index contributed by atoms with van der Waals surface area (Å²) in [5, 5.41) is 9.98. The van der Waals surface area contributed by atoms with Crippen molar-refractivity contribution in [3.63, 3.8) is 0 Å². The van der Waals surface area contributed by atoms with Crippen LogP contribution in [0.25, 0.3) is 22.7 Å². The molecule has 0 bridgehead atoms. The maximum absolute atomic E-state index is 13.0. The standard InChI is InChI=1S/C31H27ClN4O6/c1-38-28-12-6-19(30(40-3)31(28)41-4)5-10-26(37)20-7-11-27(29(15-20)39-2)42-18-22-17-36(35-34-22)25-13-14-33-24-16-21(32)8-9-23(24)25/h5-17H,18H2,1-4H3/b10-5+. The maximum atomic E-state index is 13.0. The fourth-order valence-corrected chi connectivity index (χ4v) is 4.56. The highest BCUT2D eigenvalue weighted by atomic mass is 35.5. The Morgan fingerprint density at radius 1 is 0.881 bits per heavy atom. The van der Waals surface area contributed by atoms with Gasteiger partial charge in [-0.15, -0.1) is 5.10 Å². The topological polar surface area (TPSA) is 107 Å². The number of ether oxygens (including phenoxy) is 5. The van der Waals surface area contributed by atoms with E-state index in [4.69, 9.17) is 35.3 Å². The summed E-state index contributed by atoms with van der Waals surface area (Å²) in [5.41, 5.74) is 3.25. The molecule has 0 amide bonds. The highest BCUT2D eigenvalue weighted by Gasteiger charge is 2.16. The number of pyridine rings is 1. The number of carbonyl (C=O) groups excluding carboxylic acids is 1. The summed E-state index contributed by atoms with van der Waals surface area (Å²) in [4.78, 5) is 17.4. The third kappa shape index (κ3) is 5.84. The van der Waals surface area contributed by atoms with E-state index in [0.29, 0.717) is 50.6 Å². The molecule has 0 radical (unpaired) electrons. The molecule has 11 heteroatoms. The highest BCUT2D eigenvalue weighted by molar-refractivity contribution is 6.31. The van der Waals surface area contributed by atoms with Crippen molar-refractivity contribution < 1.29 is 28.5 Å². The molecule has 0 N–H and O–H groups in total. The van der Waals surface area contributed by atoms with E-state index in [1.165, 1.54) is 27.4 Å². The van der Waals surface area contributed by atoms with Crippen LogP contribution in [0.3, 0.4) is 0 Å². The predicted molar refractivity (Wildman–Crippen MR) is 158 cm³/mol. The van der Waals surface area contributed by atoms with Crippen molar-refractivity contribution in [3.05, 3.63) is 94.9 Å². The molecule has 10 nitrogen and oxygen atoms in total. The van der Waals surface area contributed by atoms with Crippen molar-refractivity contribution in [1.29, 1.82) is 0 Å². The molecule has 214 valence electrons. The summed E-state index contributed by atoms with van der Waals surface area (Å²) >= 11 is 6.11. The van der Waals surface area contributed by atoms with Gasteiger partial charge in [-0.1, -0.05) is 16.8 Å². The summed E-state index contributed by atoms with van der Waals surface area (Å²) in [5.74, 6) is 2.06. The van der Waals surface area contributed by atoms with Crippen LogP contribution in [0.4, 0.5) is 0 Å². The van der Waals surface area contributed by atoms with Crippen molar-refractivity contribution in [2.75, 3.05) is 28.4 Å². The fourth-order valence-electron chi connectivity index (χ4n) is 4.40. The van der Waals surface area contributed by atoms with Gasteiger partial charge in [-0.2, -0.15) is 0 Å². The summed E-state index contributed by atoms with van der Waals surface area (Å²) in [7, 11) is 6.11. The minimum Gasteiger partial charge on any atom is -0.493 e. The van der Waals surface area contributed by atoms with Gasteiger partial charge in [0.15, 0.2) is 28.8 Å². The lowest BCUT2D eigenvalue weighted by molar-refractivity contribution is 0.104. The summed E-state index contributed by atoms with van der Waals surface area (Å²) in [6.07, 6.45) is 6.58. The van der Waals surface area contributed by atoms with Crippen LogP contribution in [0.1, 0.15) is 21.6 Å². The van der Waals surface area contributed by atoms with Crippen LogP contribution in [-0.4, -0.2) is 54.2 Å². The molecule has 0 aliphatic carbocycles. The molecule has 0 aliphatic rings. The molecule has 42 heavy (non-hydrogen) atoms. The molecule has 0 aliphatic heterocycles. The molecule has 2 heterocycles. The van der Waals surface area contributed by atoms with Crippen LogP contribution in [0.5, 0.6) is 28.7 Å². The number of methoxy groups -OCH3 is 4. The van der Waals surface area contributed by atoms with Gasteiger partial charge in [0.1, 0.15) is 12.3 Å². The summed E-state index contributed by atoms with van der Waals surface area (Å²) in [6.45, 7) is 0.136. The van der Waals surface area contributed by atoms with Crippen LogP contribution < -0.4 is 23.7 Å². The second-order valence-electron chi connectivity index (χ2n) is 8.92. The number of halogens is 1. The van der Waals surface area contributed by atoms with Crippen molar-refractivity contribution in [2.45, 2.75) is 6.61 Å². The number of carbonyl (C=O) groups is 1. The molecule has 0 saturated carbocycles. The molecule has 5 aromatic rings. The smallest absolute Gasteiger partial charge is 0.203 e. The monoisotopic (exact) mass is 586 g/mol. The zero-order valence-corrected chi connectivity index (χ0v) is 24.1. The Bertz CT molecular complexity index is 1790. The molecule has 2 aromatic heterocycles. The van der Waals surface area contributed by atoms with Gasteiger partial charge in [-0.3, -0.25) is 9.78 Å². The Balaban J connectivity index is 1.30. The van der Waals surface area contributed by atoms with Crippen molar-refractivity contribution in [3.8, 4) is 34.4 Å². The van der Waals surface area contributed by atoms with Crippen LogP contribution in [-0.2, 0) is 6.61 Å². The number of ketones is 1. The van der Waals surface area contributed by atoms with E-state index in [2.05, 4.69) is 15.3 Å². The van der Waals surface area contributed by atoms with E-state index in [-0.39, 0.29) is 12.4 Å². The molecule has 0 fully saturated rings. The fraction of sp³-hybridized carbons (Fsp3) is 0.161. The zero-order chi connectivity index (χ0) is 29.6. The zero-order valence-electron chi connectivity index (χ0n) is 23.3. The van der Waals surface area contributed by atoms with Crippen LogP contribution in [0.2, 0.25) is 5.02 Å². The second kappa shape index (κ2) is 12.6. The van der Waals surface area contributed by atoms with Crippen LogP contribution >= 0.6 is 11.6 Å². The lowest BCUT2D eigenvalue weighted by Gasteiger charge is -2.14. The first kappa shape index (κ1) is 28.4. The Kier molecular flexibility index (Phi) is 8.54. The van der Waals surface area contributed by atoms with Gasteiger partial charge in [-0.25, -0.2) is 4.68 Å². The van der Waals surface area contributed by atoms with Gasteiger partial charge in [-0.05, 0) is 66.7 Å². The maximum Gasteiger partial charge on any atom is 0.203 e. The summed E-state index contributed by atoms with van der Waals surface area (Å²) < 4.78 is 29.4. The second-order valence-corrected chi connectivity index (χ2v) is 9.36. The average Bonchev–Trinajstić information content (AvgIpc) is 3.50. The first-order valence-corrected chi connectivity index (χ1v) is 13.1. The first-order valence-electron chi connectivity index (χ1n) is 12.7. The number of benzene rings is 3. The van der Waals surface area contributed by atoms with Gasteiger partial charge in [0, 0.05) is 27.7 Å². The number of nitrogens with zero attached hydrogens (tertiary/aromatic N) is 4. The lowest BCUT2D eigenvalue weighted by atomic mass is 10.1. The van der Waals surface area contributed by atoms with Crippen LogP contribution in [0, 0.1) is 0 Å². The normalized spacial score (nSPS) is 11.1. The van der Waals surface area contributed by atoms with Crippen molar-refractivity contribution in [1.82, 2.24) is 20.0 Å². The Labute approximate surface area is 247 Å². The minimum atomic E-state index is -0.231. The molecule has 0 atom stereocenters. The largest absolute Gasteiger partial charge is 0.493 e. The third-order valence-corrected chi connectivity index (χ3v) is 6.68. The van der Waals surface area contributed by atoms with Crippen LogP contribution in [0.15, 0.2) is 73.1 Å². The van der Waals surface area contributed by atoms with E-state index >= 15 is 0 Å². The quantitative estimate of drug-likeness (QED) is 0.136. The number of aromatic nitrogens is 4.